The third kappa shape index (κ3) is 2.54. The van der Waals surface area contributed by atoms with E-state index in [-0.39, 0.29) is 0 Å². The van der Waals surface area contributed by atoms with Crippen molar-refractivity contribution in [3.63, 3.8) is 0 Å². The van der Waals surface area contributed by atoms with E-state index in [1.807, 2.05) is 24.3 Å². The zero-order chi connectivity index (χ0) is 12.3. The Hall–Kier alpha value is -2.07. The summed E-state index contributed by atoms with van der Waals surface area (Å²) >= 11 is 0. The number of nitriles is 1. The lowest BCUT2D eigenvalue weighted by Gasteiger charge is -2.04. The summed E-state index contributed by atoms with van der Waals surface area (Å²) in [4.78, 5) is 0. The van der Waals surface area contributed by atoms with Gasteiger partial charge in [-0.25, -0.2) is 0 Å². The number of nitrogens with zero attached hydrogens (tertiary/aromatic N) is 1. The summed E-state index contributed by atoms with van der Waals surface area (Å²) in [5.74, 6) is 0.385. The minimum atomic E-state index is 0.385. The Kier molecular flexibility index (Phi) is 3.25. The fourth-order valence-electron chi connectivity index (χ4n) is 1.89. The van der Waals surface area contributed by atoms with Gasteiger partial charge in [0.2, 0.25) is 0 Å². The average Bonchev–Trinajstić information content (AvgIpc) is 2.35. The maximum Gasteiger partial charge on any atom is 0.0994 e. The van der Waals surface area contributed by atoms with Crippen LogP contribution in [0.4, 0.5) is 0 Å². The molecular weight excluding hydrogens is 206 g/mol. The first-order chi connectivity index (χ1) is 8.20. The summed E-state index contributed by atoms with van der Waals surface area (Å²) in [5.41, 5.74) is 1.76. The van der Waals surface area contributed by atoms with Crippen molar-refractivity contribution in [1.29, 1.82) is 5.26 Å². The van der Waals surface area contributed by atoms with Crippen molar-refractivity contribution in [1.82, 2.24) is 0 Å². The fraction of sp³-hybridized carbons (Fsp3) is 0.188. The second kappa shape index (κ2) is 4.84. The highest BCUT2D eigenvalue weighted by molar-refractivity contribution is 5.88. The molecule has 1 heteroatoms. The highest BCUT2D eigenvalue weighted by atomic mass is 14.2. The molecule has 2 aromatic rings. The van der Waals surface area contributed by atoms with Crippen molar-refractivity contribution in [3.05, 3.63) is 54.1 Å². The Labute approximate surface area is 102 Å². The Morgan fingerprint density at radius 3 is 2.47 bits per heavy atom. The molecule has 0 amide bonds. The third-order valence-electron chi connectivity index (χ3n) is 2.68. The van der Waals surface area contributed by atoms with Gasteiger partial charge in [-0.1, -0.05) is 56.3 Å². The summed E-state index contributed by atoms with van der Waals surface area (Å²) in [6, 6.07) is 16.6. The molecule has 2 aromatic carbocycles. The van der Waals surface area contributed by atoms with Crippen LogP contribution in [0.15, 0.2) is 48.5 Å². The molecule has 0 spiro atoms. The van der Waals surface area contributed by atoms with Gasteiger partial charge in [-0.15, -0.1) is 0 Å². The van der Waals surface area contributed by atoms with Crippen LogP contribution in [-0.2, 0) is 0 Å². The molecule has 0 aliphatic carbocycles. The average molecular weight is 221 g/mol. The lowest BCUT2D eigenvalue weighted by atomic mass is 9.99. The molecule has 1 nitrogen and oxygen atoms in total. The lowest BCUT2D eigenvalue weighted by Crippen LogP contribution is -1.86. The molecular formula is C16H15N. The van der Waals surface area contributed by atoms with E-state index in [1.54, 1.807) is 0 Å². The van der Waals surface area contributed by atoms with E-state index < -0.39 is 0 Å². The molecule has 0 aliphatic heterocycles. The van der Waals surface area contributed by atoms with E-state index in [0.717, 1.165) is 11.1 Å². The van der Waals surface area contributed by atoms with Gasteiger partial charge in [0.15, 0.2) is 0 Å². The van der Waals surface area contributed by atoms with Gasteiger partial charge in [-0.2, -0.15) is 5.26 Å². The van der Waals surface area contributed by atoms with Crippen molar-refractivity contribution in [3.8, 4) is 6.07 Å². The summed E-state index contributed by atoms with van der Waals surface area (Å²) in [5, 5.41) is 11.6. The molecule has 0 aliphatic rings. The molecule has 2 rings (SSSR count). The molecule has 0 saturated heterocycles. The van der Waals surface area contributed by atoms with E-state index >= 15 is 0 Å². The Morgan fingerprint density at radius 2 is 1.82 bits per heavy atom. The van der Waals surface area contributed by atoms with Crippen LogP contribution in [0.2, 0.25) is 0 Å². The molecule has 84 valence electrons. The Bertz CT molecular complexity index is 600. The van der Waals surface area contributed by atoms with Gasteiger partial charge < -0.3 is 0 Å². The first kappa shape index (κ1) is 11.4. The van der Waals surface area contributed by atoms with Crippen LogP contribution < -0.4 is 0 Å². The normalized spacial score (nSPS) is 11.8. The minimum absolute atomic E-state index is 0.385. The molecule has 0 heterocycles. The van der Waals surface area contributed by atoms with Gasteiger partial charge in [0.25, 0.3) is 0 Å². The van der Waals surface area contributed by atoms with Crippen molar-refractivity contribution in [2.75, 3.05) is 0 Å². The summed E-state index contributed by atoms with van der Waals surface area (Å²) in [6.45, 7) is 4.16. The monoisotopic (exact) mass is 221 g/mol. The second-order valence-electron chi connectivity index (χ2n) is 4.50. The van der Waals surface area contributed by atoms with Gasteiger partial charge >= 0.3 is 0 Å². The Balaban J connectivity index is 2.53. The lowest BCUT2D eigenvalue weighted by molar-refractivity contribution is 0.834. The zero-order valence-electron chi connectivity index (χ0n) is 10.1. The zero-order valence-corrected chi connectivity index (χ0v) is 10.1. The molecule has 0 saturated carbocycles. The quantitative estimate of drug-likeness (QED) is 0.689. The first-order valence-corrected chi connectivity index (χ1v) is 5.82. The predicted octanol–water partition coefficient (Wildman–Crippen LogP) is 4.40. The maximum atomic E-state index is 9.18. The number of hydrogen-bond acceptors (Lipinski definition) is 1. The number of hydrogen-bond donors (Lipinski definition) is 0. The van der Waals surface area contributed by atoms with E-state index in [4.69, 9.17) is 0 Å². The van der Waals surface area contributed by atoms with Crippen molar-refractivity contribution in [2.45, 2.75) is 13.8 Å². The molecule has 0 atom stereocenters. The van der Waals surface area contributed by atoms with E-state index in [2.05, 4.69) is 44.2 Å². The van der Waals surface area contributed by atoms with Gasteiger partial charge in [0, 0.05) is 0 Å². The first-order valence-electron chi connectivity index (χ1n) is 5.82. The molecule has 0 aromatic heterocycles. The summed E-state index contributed by atoms with van der Waals surface area (Å²) < 4.78 is 0. The van der Waals surface area contributed by atoms with Gasteiger partial charge in [0.05, 0.1) is 11.6 Å². The molecule has 0 unspecified atom stereocenters. The SMILES string of the molecule is CC(C)/C=C(\C#N)c1ccc2ccccc2c1. The summed E-state index contributed by atoms with van der Waals surface area (Å²) in [7, 11) is 0. The second-order valence-corrected chi connectivity index (χ2v) is 4.50. The molecule has 0 bridgehead atoms. The standard InChI is InChI=1S/C16H15N/c1-12(2)9-16(11-17)15-8-7-13-5-3-4-6-14(13)10-15/h3-10,12H,1-2H3/b16-9+. The van der Waals surface area contributed by atoms with Crippen LogP contribution in [0.1, 0.15) is 19.4 Å². The highest BCUT2D eigenvalue weighted by Crippen LogP contribution is 2.21. The van der Waals surface area contributed by atoms with Crippen LogP contribution in [-0.4, -0.2) is 0 Å². The van der Waals surface area contributed by atoms with Crippen LogP contribution >= 0.6 is 0 Å². The van der Waals surface area contributed by atoms with Crippen molar-refractivity contribution >= 4 is 16.3 Å². The van der Waals surface area contributed by atoms with Crippen molar-refractivity contribution < 1.29 is 0 Å². The largest absolute Gasteiger partial charge is 0.192 e. The van der Waals surface area contributed by atoms with Crippen LogP contribution in [0, 0.1) is 17.2 Å². The van der Waals surface area contributed by atoms with Crippen LogP contribution in [0.3, 0.4) is 0 Å². The van der Waals surface area contributed by atoms with Gasteiger partial charge in [-0.3, -0.25) is 0 Å². The third-order valence-corrected chi connectivity index (χ3v) is 2.68. The van der Waals surface area contributed by atoms with E-state index in [9.17, 15) is 5.26 Å². The van der Waals surface area contributed by atoms with Gasteiger partial charge in [-0.05, 0) is 28.3 Å². The maximum absolute atomic E-state index is 9.18. The molecule has 0 radical (unpaired) electrons. The minimum Gasteiger partial charge on any atom is -0.192 e. The Morgan fingerprint density at radius 1 is 1.12 bits per heavy atom. The smallest absolute Gasteiger partial charge is 0.0994 e. The van der Waals surface area contributed by atoms with Crippen LogP contribution in [0.25, 0.3) is 16.3 Å². The predicted molar refractivity (Wildman–Crippen MR) is 72.4 cm³/mol. The molecule has 0 N–H and O–H groups in total. The highest BCUT2D eigenvalue weighted by Gasteiger charge is 2.02. The fourth-order valence-corrected chi connectivity index (χ4v) is 1.89. The van der Waals surface area contributed by atoms with Crippen molar-refractivity contribution in [2.24, 2.45) is 5.92 Å². The van der Waals surface area contributed by atoms with Crippen LogP contribution in [0.5, 0.6) is 0 Å². The number of fused-ring (bicyclic) bond motifs is 1. The topological polar surface area (TPSA) is 23.8 Å². The van der Waals surface area contributed by atoms with E-state index in [1.165, 1.54) is 10.8 Å². The summed E-state index contributed by atoms with van der Waals surface area (Å²) in [6.07, 6.45) is 2.00. The van der Waals surface area contributed by atoms with E-state index in [0.29, 0.717) is 5.92 Å². The molecule has 0 fully saturated rings. The number of rotatable bonds is 2. The number of benzene rings is 2. The molecule has 17 heavy (non-hydrogen) atoms. The van der Waals surface area contributed by atoms with Gasteiger partial charge in [0.1, 0.15) is 0 Å². The number of allylic oxidation sites excluding steroid dienone is 2.